The predicted octanol–water partition coefficient (Wildman–Crippen LogP) is 4.84. The van der Waals surface area contributed by atoms with Crippen LogP contribution in [0.2, 0.25) is 0 Å². The molecule has 0 amide bonds. The van der Waals surface area contributed by atoms with Crippen LogP contribution in [0.3, 0.4) is 0 Å². The van der Waals surface area contributed by atoms with Crippen molar-refractivity contribution < 1.29 is 27.6 Å². The second-order valence-corrected chi connectivity index (χ2v) is 6.23. The third kappa shape index (κ3) is 5.61. The van der Waals surface area contributed by atoms with E-state index in [0.29, 0.717) is 27.6 Å². The maximum Gasteiger partial charge on any atom is 0.416 e. The van der Waals surface area contributed by atoms with Crippen molar-refractivity contribution in [2.45, 2.75) is 6.18 Å². The van der Waals surface area contributed by atoms with Crippen molar-refractivity contribution >= 4 is 33.5 Å². The number of nitro benzene ring substituents is 1. The van der Waals surface area contributed by atoms with Crippen LogP contribution in [0, 0.1) is 22.5 Å². The first-order valence-corrected chi connectivity index (χ1v) is 8.55. The van der Waals surface area contributed by atoms with Crippen LogP contribution in [0.5, 0.6) is 11.5 Å². The highest BCUT2D eigenvalue weighted by Crippen LogP contribution is 2.35. The highest BCUT2D eigenvalue weighted by Gasteiger charge is 2.33. The first kappa shape index (κ1) is 22.0. The van der Waals surface area contributed by atoms with Gasteiger partial charge < -0.3 is 9.47 Å². The molecule has 11 heteroatoms. The van der Waals surface area contributed by atoms with Gasteiger partial charge in [0.05, 0.1) is 23.8 Å². The minimum Gasteiger partial charge on any atom is -0.493 e. The van der Waals surface area contributed by atoms with Crippen molar-refractivity contribution in [1.29, 1.82) is 0 Å². The molecular formula is C18H13BrF3N3O4. The summed E-state index contributed by atoms with van der Waals surface area (Å²) < 4.78 is 49.4. The van der Waals surface area contributed by atoms with Crippen molar-refractivity contribution in [3.05, 3.63) is 56.0 Å². The summed E-state index contributed by atoms with van der Waals surface area (Å²) in [5.74, 6) is 3.08. The molecular weight excluding hydrogens is 459 g/mol. The zero-order valence-corrected chi connectivity index (χ0v) is 16.4. The molecule has 29 heavy (non-hydrogen) atoms. The Labute approximate surface area is 171 Å². The van der Waals surface area contributed by atoms with E-state index < -0.39 is 22.4 Å². The quantitative estimate of drug-likeness (QED) is 0.270. The summed E-state index contributed by atoms with van der Waals surface area (Å²) in [6.07, 6.45) is 1.76. The summed E-state index contributed by atoms with van der Waals surface area (Å²) in [6, 6.07) is 5.26. The molecule has 0 radical (unpaired) electrons. The standard InChI is InChI=1S/C18H13BrF3N3O4/c1-3-6-29-17-9-13(19)11(7-16(17)28-2)10-23-24-14-5-4-12(18(20,21)22)8-15(14)25(26)27/h1,4-5,7-10,24H,6H2,2H3/b23-10-. The lowest BCUT2D eigenvalue weighted by Crippen LogP contribution is -2.06. The van der Waals surface area contributed by atoms with Gasteiger partial charge in [0, 0.05) is 16.1 Å². The number of nitro groups is 1. The lowest BCUT2D eigenvalue weighted by molar-refractivity contribution is -0.384. The lowest BCUT2D eigenvalue weighted by Gasteiger charge is -2.11. The van der Waals surface area contributed by atoms with E-state index in [1.807, 2.05) is 0 Å². The second-order valence-electron chi connectivity index (χ2n) is 5.37. The molecule has 0 spiro atoms. The smallest absolute Gasteiger partial charge is 0.416 e. The van der Waals surface area contributed by atoms with Gasteiger partial charge in [-0.15, -0.1) is 6.42 Å². The van der Waals surface area contributed by atoms with Crippen molar-refractivity contribution in [2.75, 3.05) is 19.1 Å². The molecule has 0 bridgehead atoms. The average Bonchev–Trinajstić information content (AvgIpc) is 2.66. The monoisotopic (exact) mass is 471 g/mol. The molecule has 2 aromatic carbocycles. The summed E-state index contributed by atoms with van der Waals surface area (Å²) in [6.45, 7) is 0.0371. The van der Waals surface area contributed by atoms with Gasteiger partial charge in [0.1, 0.15) is 12.3 Å². The fourth-order valence-electron chi connectivity index (χ4n) is 2.17. The van der Waals surface area contributed by atoms with Crippen LogP contribution in [0.15, 0.2) is 39.9 Å². The third-order valence-electron chi connectivity index (χ3n) is 3.50. The van der Waals surface area contributed by atoms with Gasteiger partial charge in [0.25, 0.3) is 5.69 Å². The molecule has 0 aliphatic heterocycles. The van der Waals surface area contributed by atoms with E-state index in [1.54, 1.807) is 12.1 Å². The van der Waals surface area contributed by atoms with Crippen molar-refractivity contribution in [2.24, 2.45) is 5.10 Å². The third-order valence-corrected chi connectivity index (χ3v) is 4.19. The zero-order valence-electron chi connectivity index (χ0n) is 14.8. The first-order chi connectivity index (χ1) is 13.7. The van der Waals surface area contributed by atoms with Crippen LogP contribution in [0.1, 0.15) is 11.1 Å². The normalized spacial score (nSPS) is 11.2. The number of benzene rings is 2. The summed E-state index contributed by atoms with van der Waals surface area (Å²) in [4.78, 5) is 10.2. The minimum atomic E-state index is -4.70. The van der Waals surface area contributed by atoms with E-state index in [1.165, 1.54) is 13.3 Å². The van der Waals surface area contributed by atoms with E-state index in [-0.39, 0.29) is 12.3 Å². The van der Waals surface area contributed by atoms with Gasteiger partial charge in [-0.05, 0) is 40.2 Å². The Bertz CT molecular complexity index is 988. The molecule has 0 aliphatic rings. The molecule has 0 unspecified atom stereocenters. The van der Waals surface area contributed by atoms with Gasteiger partial charge in [-0.25, -0.2) is 0 Å². The van der Waals surface area contributed by atoms with Crippen LogP contribution >= 0.6 is 15.9 Å². The van der Waals surface area contributed by atoms with E-state index in [4.69, 9.17) is 15.9 Å². The zero-order chi connectivity index (χ0) is 21.6. The highest BCUT2D eigenvalue weighted by molar-refractivity contribution is 9.10. The Morgan fingerprint density at radius 1 is 1.34 bits per heavy atom. The number of hydrogen-bond acceptors (Lipinski definition) is 6. The second kappa shape index (κ2) is 9.29. The largest absolute Gasteiger partial charge is 0.493 e. The Hall–Kier alpha value is -3.26. The summed E-state index contributed by atoms with van der Waals surface area (Å²) in [7, 11) is 1.43. The van der Waals surface area contributed by atoms with Gasteiger partial charge in [0.15, 0.2) is 11.5 Å². The fourth-order valence-corrected chi connectivity index (χ4v) is 2.59. The summed E-state index contributed by atoms with van der Waals surface area (Å²) in [5, 5.41) is 14.9. The SMILES string of the molecule is C#CCOc1cc(Br)c(/C=N\Nc2ccc(C(F)(F)F)cc2[N+](=O)[O-])cc1OC. The molecule has 0 heterocycles. The van der Waals surface area contributed by atoms with Gasteiger partial charge in [0.2, 0.25) is 0 Å². The Kier molecular flexibility index (Phi) is 7.06. The Morgan fingerprint density at radius 2 is 2.07 bits per heavy atom. The van der Waals surface area contributed by atoms with E-state index >= 15 is 0 Å². The molecule has 0 atom stereocenters. The fraction of sp³-hybridized carbons (Fsp3) is 0.167. The molecule has 0 aliphatic carbocycles. The van der Waals surface area contributed by atoms with Crippen LogP contribution in [0.25, 0.3) is 0 Å². The number of nitrogens with one attached hydrogen (secondary N) is 1. The molecule has 2 rings (SSSR count). The molecule has 0 aromatic heterocycles. The maximum absolute atomic E-state index is 12.8. The molecule has 152 valence electrons. The average molecular weight is 472 g/mol. The number of methoxy groups -OCH3 is 1. The first-order valence-electron chi connectivity index (χ1n) is 7.76. The number of nitrogens with zero attached hydrogens (tertiary/aromatic N) is 2. The van der Waals surface area contributed by atoms with Crippen LogP contribution in [-0.2, 0) is 6.18 Å². The number of ether oxygens (including phenoxy) is 2. The molecule has 0 saturated heterocycles. The van der Waals surface area contributed by atoms with E-state index in [2.05, 4.69) is 32.4 Å². The van der Waals surface area contributed by atoms with Crippen LogP contribution < -0.4 is 14.9 Å². The number of hydrogen-bond donors (Lipinski definition) is 1. The number of halogens is 4. The summed E-state index contributed by atoms with van der Waals surface area (Å²) >= 11 is 3.32. The maximum atomic E-state index is 12.8. The number of hydrazone groups is 1. The van der Waals surface area contributed by atoms with Crippen LogP contribution in [-0.4, -0.2) is 24.9 Å². The Morgan fingerprint density at radius 3 is 2.66 bits per heavy atom. The van der Waals surface area contributed by atoms with E-state index in [0.717, 1.165) is 12.1 Å². The molecule has 0 fully saturated rings. The number of alkyl halides is 3. The number of anilines is 1. The topological polar surface area (TPSA) is 86.0 Å². The van der Waals surface area contributed by atoms with Crippen molar-refractivity contribution in [3.63, 3.8) is 0 Å². The number of rotatable bonds is 7. The van der Waals surface area contributed by atoms with Gasteiger partial charge in [-0.1, -0.05) is 5.92 Å². The van der Waals surface area contributed by atoms with Gasteiger partial charge >= 0.3 is 6.18 Å². The lowest BCUT2D eigenvalue weighted by atomic mass is 10.1. The minimum absolute atomic E-state index is 0.0371. The highest BCUT2D eigenvalue weighted by atomic mass is 79.9. The molecule has 1 N–H and O–H groups in total. The molecule has 0 saturated carbocycles. The Balaban J connectivity index is 2.28. The number of terminal acetylenes is 1. The summed E-state index contributed by atoms with van der Waals surface area (Å²) in [5.41, 5.74) is 0.801. The molecule has 7 nitrogen and oxygen atoms in total. The van der Waals surface area contributed by atoms with Crippen LogP contribution in [0.4, 0.5) is 24.5 Å². The van der Waals surface area contributed by atoms with Crippen molar-refractivity contribution in [3.8, 4) is 23.8 Å². The predicted molar refractivity (Wildman–Crippen MR) is 104 cm³/mol. The molecule has 2 aromatic rings. The van der Waals surface area contributed by atoms with Gasteiger partial charge in [-0.2, -0.15) is 18.3 Å². The van der Waals surface area contributed by atoms with E-state index in [9.17, 15) is 23.3 Å². The van der Waals surface area contributed by atoms with Gasteiger partial charge in [-0.3, -0.25) is 15.5 Å². The van der Waals surface area contributed by atoms with Crippen molar-refractivity contribution in [1.82, 2.24) is 0 Å².